The van der Waals surface area contributed by atoms with E-state index in [-0.39, 0.29) is 0 Å². The maximum Gasteiger partial charge on any atom is 0.000587 e. The molecule has 2 aliphatic rings. The van der Waals surface area contributed by atoms with Gasteiger partial charge in [-0.1, -0.05) is 46.0 Å². The molecule has 0 amide bonds. The van der Waals surface area contributed by atoms with Gasteiger partial charge >= 0.3 is 0 Å². The van der Waals surface area contributed by atoms with Crippen molar-refractivity contribution in [3.63, 3.8) is 0 Å². The Hall–Kier alpha value is -0.0400. The molecule has 1 N–H and O–H groups in total. The van der Waals surface area contributed by atoms with E-state index in [0.717, 1.165) is 11.8 Å². The van der Waals surface area contributed by atoms with E-state index in [4.69, 9.17) is 0 Å². The largest absolute Gasteiger partial charge is 0.316 e. The van der Waals surface area contributed by atoms with Crippen molar-refractivity contribution in [2.24, 2.45) is 17.3 Å². The second kappa shape index (κ2) is 3.61. The van der Waals surface area contributed by atoms with Crippen molar-refractivity contribution in [2.45, 2.75) is 46.0 Å². The highest BCUT2D eigenvalue weighted by atomic mass is 14.9. The third kappa shape index (κ3) is 1.90. The van der Waals surface area contributed by atoms with Gasteiger partial charge in [-0.25, -0.2) is 0 Å². The molecule has 13 heavy (non-hydrogen) atoms. The standard InChI is InChI=1S/C12H23N/c1-12(2)9-13-8-11(12)10-6-4-3-5-7-10/h10-11,13H,3-9H2,1-2H3. The van der Waals surface area contributed by atoms with Crippen LogP contribution in [0, 0.1) is 17.3 Å². The van der Waals surface area contributed by atoms with E-state index >= 15 is 0 Å². The number of hydrogen-bond donors (Lipinski definition) is 1. The van der Waals surface area contributed by atoms with Crippen LogP contribution in [0.2, 0.25) is 0 Å². The SMILES string of the molecule is CC1(C)CNCC1C1CCCCC1. The predicted octanol–water partition coefficient (Wildman–Crippen LogP) is 2.81. The molecule has 1 aliphatic carbocycles. The van der Waals surface area contributed by atoms with Crippen LogP contribution in [0.5, 0.6) is 0 Å². The zero-order valence-electron chi connectivity index (χ0n) is 9.10. The van der Waals surface area contributed by atoms with Crippen LogP contribution in [-0.4, -0.2) is 13.1 Å². The Kier molecular flexibility index (Phi) is 2.64. The Morgan fingerprint density at radius 3 is 2.31 bits per heavy atom. The summed E-state index contributed by atoms with van der Waals surface area (Å²) >= 11 is 0. The summed E-state index contributed by atoms with van der Waals surface area (Å²) in [6.45, 7) is 7.38. The van der Waals surface area contributed by atoms with Crippen molar-refractivity contribution in [2.75, 3.05) is 13.1 Å². The minimum absolute atomic E-state index is 0.558. The molecule has 0 aromatic rings. The van der Waals surface area contributed by atoms with Gasteiger partial charge in [0, 0.05) is 6.54 Å². The lowest BCUT2D eigenvalue weighted by molar-refractivity contribution is 0.159. The highest BCUT2D eigenvalue weighted by molar-refractivity contribution is 4.92. The number of hydrogen-bond acceptors (Lipinski definition) is 1. The smallest absolute Gasteiger partial charge is 0.000587 e. The maximum absolute atomic E-state index is 3.56. The average molecular weight is 181 g/mol. The van der Waals surface area contributed by atoms with Gasteiger partial charge in [0.15, 0.2) is 0 Å². The van der Waals surface area contributed by atoms with Crippen molar-refractivity contribution in [3.05, 3.63) is 0 Å². The highest BCUT2D eigenvalue weighted by Crippen LogP contribution is 2.41. The second-order valence-electron chi connectivity index (χ2n) is 5.62. The zero-order valence-corrected chi connectivity index (χ0v) is 9.10. The van der Waals surface area contributed by atoms with E-state index in [1.165, 1.54) is 45.2 Å². The molecule has 1 nitrogen and oxygen atoms in total. The van der Waals surface area contributed by atoms with E-state index in [1.54, 1.807) is 0 Å². The molecule has 2 fully saturated rings. The number of rotatable bonds is 1. The summed E-state index contributed by atoms with van der Waals surface area (Å²) in [7, 11) is 0. The first-order valence-electron chi connectivity index (χ1n) is 5.91. The Labute approximate surface area is 82.3 Å². The van der Waals surface area contributed by atoms with Crippen LogP contribution in [-0.2, 0) is 0 Å². The summed E-state index contributed by atoms with van der Waals surface area (Å²) in [5, 5.41) is 3.56. The van der Waals surface area contributed by atoms with Crippen LogP contribution in [0.4, 0.5) is 0 Å². The van der Waals surface area contributed by atoms with Crippen LogP contribution in [0.3, 0.4) is 0 Å². The summed E-state index contributed by atoms with van der Waals surface area (Å²) in [5.41, 5.74) is 0.558. The molecule has 1 atom stereocenters. The third-order valence-electron chi connectivity index (χ3n) is 4.17. The van der Waals surface area contributed by atoms with Crippen molar-refractivity contribution >= 4 is 0 Å². The Morgan fingerprint density at radius 1 is 1.08 bits per heavy atom. The van der Waals surface area contributed by atoms with E-state index in [2.05, 4.69) is 19.2 Å². The first-order chi connectivity index (χ1) is 6.20. The fourth-order valence-corrected chi connectivity index (χ4v) is 3.30. The first-order valence-corrected chi connectivity index (χ1v) is 5.91. The number of nitrogens with one attached hydrogen (secondary N) is 1. The topological polar surface area (TPSA) is 12.0 Å². The molecular formula is C12H23N. The van der Waals surface area contributed by atoms with Gasteiger partial charge in [0.1, 0.15) is 0 Å². The van der Waals surface area contributed by atoms with Gasteiger partial charge in [-0.3, -0.25) is 0 Å². The summed E-state index contributed by atoms with van der Waals surface area (Å²) < 4.78 is 0. The maximum atomic E-state index is 3.56. The minimum Gasteiger partial charge on any atom is -0.316 e. The highest BCUT2D eigenvalue weighted by Gasteiger charge is 2.39. The second-order valence-corrected chi connectivity index (χ2v) is 5.62. The average Bonchev–Trinajstić information content (AvgIpc) is 2.47. The Balaban J connectivity index is 1.98. The molecule has 1 saturated heterocycles. The lowest BCUT2D eigenvalue weighted by atomic mass is 9.69. The van der Waals surface area contributed by atoms with Gasteiger partial charge < -0.3 is 5.32 Å². The Morgan fingerprint density at radius 2 is 1.77 bits per heavy atom. The molecule has 0 spiro atoms. The van der Waals surface area contributed by atoms with Gasteiger partial charge in [0.2, 0.25) is 0 Å². The predicted molar refractivity (Wildman–Crippen MR) is 56.7 cm³/mol. The molecular weight excluding hydrogens is 158 g/mol. The van der Waals surface area contributed by atoms with E-state index < -0.39 is 0 Å². The molecule has 1 heteroatoms. The quantitative estimate of drug-likeness (QED) is 0.656. The summed E-state index contributed by atoms with van der Waals surface area (Å²) in [4.78, 5) is 0. The van der Waals surface area contributed by atoms with Gasteiger partial charge in [0.25, 0.3) is 0 Å². The lowest BCUT2D eigenvalue weighted by Gasteiger charge is -2.35. The van der Waals surface area contributed by atoms with Crippen LogP contribution < -0.4 is 5.32 Å². The first kappa shape index (κ1) is 9.51. The van der Waals surface area contributed by atoms with Crippen molar-refractivity contribution in [1.29, 1.82) is 0 Å². The van der Waals surface area contributed by atoms with E-state index in [9.17, 15) is 0 Å². The van der Waals surface area contributed by atoms with Crippen LogP contribution in [0.15, 0.2) is 0 Å². The minimum atomic E-state index is 0.558. The molecule has 1 unspecified atom stereocenters. The van der Waals surface area contributed by atoms with Crippen LogP contribution in [0.1, 0.15) is 46.0 Å². The molecule has 1 heterocycles. The zero-order chi connectivity index (χ0) is 9.31. The summed E-state index contributed by atoms with van der Waals surface area (Å²) in [6.07, 6.45) is 7.44. The molecule has 0 radical (unpaired) electrons. The summed E-state index contributed by atoms with van der Waals surface area (Å²) in [6, 6.07) is 0. The molecule has 1 aliphatic heterocycles. The Bertz CT molecular complexity index is 168. The van der Waals surface area contributed by atoms with Gasteiger partial charge in [-0.2, -0.15) is 0 Å². The summed E-state index contributed by atoms with van der Waals surface area (Å²) in [5.74, 6) is 1.98. The molecule has 1 saturated carbocycles. The fourth-order valence-electron chi connectivity index (χ4n) is 3.30. The normalized spacial score (nSPS) is 35.1. The lowest BCUT2D eigenvalue weighted by Crippen LogP contribution is -2.30. The van der Waals surface area contributed by atoms with Gasteiger partial charge in [0.05, 0.1) is 0 Å². The van der Waals surface area contributed by atoms with Crippen LogP contribution >= 0.6 is 0 Å². The molecule has 2 rings (SSSR count). The van der Waals surface area contributed by atoms with Crippen molar-refractivity contribution < 1.29 is 0 Å². The van der Waals surface area contributed by atoms with E-state index in [1.807, 2.05) is 0 Å². The molecule has 0 bridgehead atoms. The van der Waals surface area contributed by atoms with E-state index in [0.29, 0.717) is 5.41 Å². The molecule has 0 aromatic heterocycles. The molecule has 76 valence electrons. The van der Waals surface area contributed by atoms with Gasteiger partial charge in [-0.05, 0) is 23.8 Å². The monoisotopic (exact) mass is 181 g/mol. The molecule has 0 aromatic carbocycles. The van der Waals surface area contributed by atoms with Crippen molar-refractivity contribution in [1.82, 2.24) is 5.32 Å². The fraction of sp³-hybridized carbons (Fsp3) is 1.00. The van der Waals surface area contributed by atoms with Gasteiger partial charge in [-0.15, -0.1) is 0 Å². The van der Waals surface area contributed by atoms with Crippen molar-refractivity contribution in [3.8, 4) is 0 Å². The van der Waals surface area contributed by atoms with Crippen LogP contribution in [0.25, 0.3) is 0 Å². The third-order valence-corrected chi connectivity index (χ3v) is 4.17.